The average molecular weight is 476 g/mol. The summed E-state index contributed by atoms with van der Waals surface area (Å²) in [6, 6.07) is 20.4. The number of aromatic nitrogens is 1. The Labute approximate surface area is 213 Å². The fourth-order valence-electron chi connectivity index (χ4n) is 4.05. The van der Waals surface area contributed by atoms with Gasteiger partial charge < -0.3 is 14.4 Å². The molecule has 4 heteroatoms. The molecule has 0 atom stereocenters. The van der Waals surface area contributed by atoms with Gasteiger partial charge in [-0.2, -0.15) is 0 Å². The van der Waals surface area contributed by atoms with Gasteiger partial charge in [0.2, 0.25) is 0 Å². The van der Waals surface area contributed by atoms with Gasteiger partial charge in [-0.3, -0.25) is 4.79 Å². The van der Waals surface area contributed by atoms with Crippen molar-refractivity contribution in [1.82, 2.24) is 4.57 Å². The van der Waals surface area contributed by atoms with Crippen LogP contribution in [0.1, 0.15) is 72.1 Å². The van der Waals surface area contributed by atoms with Crippen LogP contribution in [0.25, 0.3) is 0 Å². The summed E-state index contributed by atoms with van der Waals surface area (Å²) in [6.07, 6.45) is 2.48. The van der Waals surface area contributed by atoms with Crippen molar-refractivity contribution >= 4 is 11.4 Å². The predicted molar refractivity (Wildman–Crippen MR) is 155 cm³/mol. The van der Waals surface area contributed by atoms with Crippen molar-refractivity contribution < 1.29 is 0 Å². The van der Waals surface area contributed by atoms with E-state index in [2.05, 4.69) is 60.6 Å². The van der Waals surface area contributed by atoms with Crippen molar-refractivity contribution in [2.45, 2.75) is 67.3 Å². The number of anilines is 2. The van der Waals surface area contributed by atoms with Crippen molar-refractivity contribution in [3.05, 3.63) is 106 Å². The molecule has 4 rings (SSSR count). The Bertz CT molecular complexity index is 1130. The van der Waals surface area contributed by atoms with Gasteiger partial charge in [0.1, 0.15) is 5.82 Å². The van der Waals surface area contributed by atoms with Gasteiger partial charge in [0.15, 0.2) is 0 Å². The van der Waals surface area contributed by atoms with Crippen LogP contribution in [0, 0.1) is 0 Å². The minimum Gasteiger partial charge on any atom is -0.330 e. The van der Waals surface area contributed by atoms with Crippen LogP contribution in [0.4, 0.5) is 11.4 Å². The lowest BCUT2D eigenvalue weighted by atomic mass is 9.93. The summed E-state index contributed by atoms with van der Waals surface area (Å²) in [4.78, 5) is 17.5. The summed E-state index contributed by atoms with van der Waals surface area (Å²) >= 11 is 0. The molecule has 0 saturated carbocycles. The third-order valence-electron chi connectivity index (χ3n) is 6.04. The number of benzene rings is 2. The van der Waals surface area contributed by atoms with Crippen molar-refractivity contribution in [2.24, 2.45) is 0 Å². The molecule has 0 bridgehead atoms. The molecule has 1 aliphatic heterocycles. The second kappa shape index (κ2) is 13.6. The third kappa shape index (κ3) is 6.25. The van der Waals surface area contributed by atoms with Gasteiger partial charge in [0.25, 0.3) is 5.56 Å². The lowest BCUT2D eigenvalue weighted by molar-refractivity contribution is 0.420. The van der Waals surface area contributed by atoms with Gasteiger partial charge in [0.05, 0.1) is 16.9 Å². The van der Waals surface area contributed by atoms with Gasteiger partial charge in [-0.15, -0.1) is 0 Å². The molecule has 0 fully saturated rings. The molecule has 0 radical (unpaired) electrons. The molecular weight excluding hydrogens is 430 g/mol. The van der Waals surface area contributed by atoms with Crippen molar-refractivity contribution in [2.75, 3.05) is 23.9 Å². The first-order valence-electron chi connectivity index (χ1n) is 12.9. The van der Waals surface area contributed by atoms with Gasteiger partial charge >= 0.3 is 0 Å². The molecule has 2 aromatic carbocycles. The van der Waals surface area contributed by atoms with E-state index in [1.165, 1.54) is 0 Å². The number of hydrogen-bond acceptors (Lipinski definition) is 3. The highest BCUT2D eigenvalue weighted by atomic mass is 16.1. The lowest BCUT2D eigenvalue weighted by Gasteiger charge is -2.28. The standard InChI is InChI=1S/C25H27N3O.3C2H6/c1-18-26(4)22-14-13-19(17-23(22)27(18)5)16-20-10-9-15-28(24(20)29)25(2,3)21-11-7-6-8-12-21;3*1-2/h6-15,17H,1,16H2,2-5H3;3*1-2H3. The van der Waals surface area contributed by atoms with E-state index in [1.54, 1.807) is 0 Å². The van der Waals surface area contributed by atoms with E-state index in [0.29, 0.717) is 6.42 Å². The third-order valence-corrected chi connectivity index (χ3v) is 6.04. The molecule has 0 spiro atoms. The van der Waals surface area contributed by atoms with E-state index in [1.807, 2.05) is 96.7 Å². The Morgan fingerprint density at radius 1 is 0.771 bits per heavy atom. The first-order valence-corrected chi connectivity index (χ1v) is 12.9. The van der Waals surface area contributed by atoms with Crippen LogP contribution in [0.5, 0.6) is 0 Å². The molecule has 0 aliphatic carbocycles. The van der Waals surface area contributed by atoms with Crippen LogP contribution >= 0.6 is 0 Å². The first kappa shape index (κ1) is 29.8. The van der Waals surface area contributed by atoms with Gasteiger partial charge in [-0.05, 0) is 43.2 Å². The van der Waals surface area contributed by atoms with Crippen LogP contribution in [0.15, 0.2) is 84.1 Å². The molecule has 4 nitrogen and oxygen atoms in total. The first-order chi connectivity index (χ1) is 16.8. The molecule has 0 saturated heterocycles. The van der Waals surface area contributed by atoms with Gasteiger partial charge in [0, 0.05) is 32.3 Å². The maximum atomic E-state index is 13.3. The SMILES string of the molecule is C=C1N(C)c2ccc(Cc3cccn(C(C)(C)c4ccccc4)c3=O)cc2N1C.CC.CC.CC. The van der Waals surface area contributed by atoms with Crippen LogP contribution in [0.2, 0.25) is 0 Å². The molecule has 1 aromatic heterocycles. The maximum Gasteiger partial charge on any atom is 0.254 e. The molecular formula is C31H45N3O. The van der Waals surface area contributed by atoms with Crippen LogP contribution in [0.3, 0.4) is 0 Å². The number of rotatable bonds is 4. The maximum absolute atomic E-state index is 13.3. The Balaban J connectivity index is 0.000000949. The Morgan fingerprint density at radius 2 is 1.34 bits per heavy atom. The molecule has 35 heavy (non-hydrogen) atoms. The fourth-order valence-corrected chi connectivity index (χ4v) is 4.05. The summed E-state index contributed by atoms with van der Waals surface area (Å²) in [7, 11) is 4.04. The quantitative estimate of drug-likeness (QED) is 0.388. The normalized spacial score (nSPS) is 11.9. The molecule has 190 valence electrons. The summed E-state index contributed by atoms with van der Waals surface area (Å²) < 4.78 is 1.84. The summed E-state index contributed by atoms with van der Waals surface area (Å²) in [5.41, 5.74) is 4.91. The zero-order valence-corrected chi connectivity index (χ0v) is 23.5. The van der Waals surface area contributed by atoms with Crippen molar-refractivity contribution in [3.63, 3.8) is 0 Å². The van der Waals surface area contributed by atoms with Crippen LogP contribution in [-0.2, 0) is 12.0 Å². The van der Waals surface area contributed by atoms with Gasteiger partial charge in [-0.1, -0.05) is 90.6 Å². The molecule has 1 aliphatic rings. The second-order valence-electron chi connectivity index (χ2n) is 8.17. The highest BCUT2D eigenvalue weighted by Crippen LogP contribution is 2.39. The van der Waals surface area contributed by atoms with Crippen LogP contribution < -0.4 is 15.4 Å². The van der Waals surface area contributed by atoms with E-state index in [-0.39, 0.29) is 5.56 Å². The summed E-state index contributed by atoms with van der Waals surface area (Å²) in [6.45, 7) is 20.3. The topological polar surface area (TPSA) is 28.5 Å². The number of hydrogen-bond donors (Lipinski definition) is 0. The number of nitrogens with zero attached hydrogens (tertiary/aromatic N) is 3. The Kier molecular flexibility index (Phi) is 11.5. The average Bonchev–Trinajstić information content (AvgIpc) is 3.12. The van der Waals surface area contributed by atoms with Gasteiger partial charge in [-0.25, -0.2) is 0 Å². The zero-order chi connectivity index (χ0) is 26.8. The Morgan fingerprint density at radius 3 is 1.94 bits per heavy atom. The van der Waals surface area contributed by atoms with E-state index < -0.39 is 5.54 Å². The highest BCUT2D eigenvalue weighted by molar-refractivity contribution is 5.82. The fraction of sp³-hybridized carbons (Fsp3) is 0.387. The highest BCUT2D eigenvalue weighted by Gasteiger charge is 2.26. The van der Waals surface area contributed by atoms with Crippen molar-refractivity contribution in [3.8, 4) is 0 Å². The van der Waals surface area contributed by atoms with E-state index in [0.717, 1.165) is 33.9 Å². The minimum atomic E-state index is -0.424. The monoisotopic (exact) mass is 475 g/mol. The molecule has 0 amide bonds. The summed E-state index contributed by atoms with van der Waals surface area (Å²) in [5.74, 6) is 0.948. The zero-order valence-electron chi connectivity index (χ0n) is 23.5. The number of fused-ring (bicyclic) bond motifs is 1. The van der Waals surface area contributed by atoms with E-state index in [9.17, 15) is 4.79 Å². The molecule has 3 aromatic rings. The largest absolute Gasteiger partial charge is 0.330 e. The van der Waals surface area contributed by atoms with Crippen molar-refractivity contribution in [1.29, 1.82) is 0 Å². The van der Waals surface area contributed by atoms with Crippen LogP contribution in [-0.4, -0.2) is 18.7 Å². The van der Waals surface area contributed by atoms with E-state index >= 15 is 0 Å². The second-order valence-corrected chi connectivity index (χ2v) is 8.17. The van der Waals surface area contributed by atoms with E-state index in [4.69, 9.17) is 0 Å². The lowest BCUT2D eigenvalue weighted by Crippen LogP contribution is -2.38. The smallest absolute Gasteiger partial charge is 0.254 e. The predicted octanol–water partition coefficient (Wildman–Crippen LogP) is 7.66. The summed E-state index contributed by atoms with van der Waals surface area (Å²) in [5, 5.41) is 0. The number of pyridine rings is 1. The Hall–Kier alpha value is -3.27. The molecule has 0 N–H and O–H groups in total. The minimum absolute atomic E-state index is 0.0525. The molecule has 2 heterocycles. The molecule has 0 unspecified atom stereocenters.